The summed E-state index contributed by atoms with van der Waals surface area (Å²) in [5.74, 6) is -0.180. The van der Waals surface area contributed by atoms with E-state index in [0.717, 1.165) is 0 Å². The molecule has 0 aromatic heterocycles. The number of phenolic OH excluding ortho intramolecular Hbond substituents is 1. The Kier molecular flexibility index (Phi) is 6.67. The van der Waals surface area contributed by atoms with Crippen LogP contribution in [-0.4, -0.2) is 22.3 Å². The first kappa shape index (κ1) is 19.4. The van der Waals surface area contributed by atoms with Crippen LogP contribution in [0.1, 0.15) is 25.5 Å². The predicted molar refractivity (Wildman–Crippen MR) is 75.1 cm³/mol. The zero-order chi connectivity index (χ0) is 14.8. The number of hydrogen-bond donors (Lipinski definition) is 3. The van der Waals surface area contributed by atoms with Gasteiger partial charge in [0, 0.05) is 28.5 Å². The second kappa shape index (κ2) is 6.89. The summed E-state index contributed by atoms with van der Waals surface area (Å²) in [6, 6.07) is 2.79. The van der Waals surface area contributed by atoms with Crippen molar-refractivity contribution in [3.8, 4) is 5.75 Å². The van der Waals surface area contributed by atoms with Crippen molar-refractivity contribution in [1.29, 1.82) is 0 Å². The minimum atomic E-state index is -4.40. The molecule has 0 bridgehead atoms. The Hall–Kier alpha value is -0.630. The van der Waals surface area contributed by atoms with Gasteiger partial charge in [0.05, 0.1) is 0 Å². The van der Waals surface area contributed by atoms with Crippen LogP contribution >= 0.6 is 24.2 Å². The fourth-order valence-corrected chi connectivity index (χ4v) is 2.09. The number of alkyl halides is 3. The average molecular weight is 332 g/mol. The molecule has 0 radical (unpaired) electrons. The van der Waals surface area contributed by atoms with E-state index >= 15 is 0 Å². The Morgan fingerprint density at radius 2 is 1.85 bits per heavy atom. The van der Waals surface area contributed by atoms with Gasteiger partial charge in [-0.25, -0.2) is 0 Å². The molecular weight excluding hydrogens is 315 g/mol. The van der Waals surface area contributed by atoms with Crippen LogP contribution in [0, 0.1) is 5.41 Å². The fourth-order valence-electron chi connectivity index (χ4n) is 1.50. The molecule has 1 aromatic carbocycles. The third kappa shape index (κ3) is 5.05. The number of benzene rings is 1. The van der Waals surface area contributed by atoms with E-state index in [4.69, 9.17) is 5.73 Å². The van der Waals surface area contributed by atoms with Gasteiger partial charge in [0.25, 0.3) is 0 Å². The van der Waals surface area contributed by atoms with Crippen LogP contribution < -0.4 is 5.73 Å². The van der Waals surface area contributed by atoms with E-state index in [2.05, 4.69) is 0 Å². The van der Waals surface area contributed by atoms with Crippen LogP contribution in [0.15, 0.2) is 23.1 Å². The molecule has 116 valence electrons. The van der Waals surface area contributed by atoms with Gasteiger partial charge in [-0.3, -0.25) is 0 Å². The average Bonchev–Trinajstić information content (AvgIpc) is 2.29. The summed E-state index contributed by atoms with van der Waals surface area (Å²) >= 11 is -0.270. The maximum Gasteiger partial charge on any atom is 0.446 e. The molecule has 0 aliphatic heterocycles. The van der Waals surface area contributed by atoms with Crippen LogP contribution in [0.4, 0.5) is 13.2 Å². The molecule has 0 saturated carbocycles. The number of aliphatic hydroxyl groups excluding tert-OH is 1. The fraction of sp³-hybridized carbons (Fsp3) is 0.500. The maximum absolute atomic E-state index is 12.3. The van der Waals surface area contributed by atoms with Gasteiger partial charge in [0.2, 0.25) is 0 Å². The number of aliphatic hydroxyl groups is 1. The molecule has 1 aromatic rings. The number of phenols is 1. The monoisotopic (exact) mass is 331 g/mol. The molecule has 0 unspecified atom stereocenters. The van der Waals surface area contributed by atoms with Crippen molar-refractivity contribution in [2.24, 2.45) is 11.1 Å². The van der Waals surface area contributed by atoms with Crippen molar-refractivity contribution in [2.75, 3.05) is 6.61 Å². The van der Waals surface area contributed by atoms with Gasteiger partial charge < -0.3 is 15.9 Å². The van der Waals surface area contributed by atoms with E-state index in [0.29, 0.717) is 0 Å². The highest BCUT2D eigenvalue weighted by Gasteiger charge is 2.32. The van der Waals surface area contributed by atoms with Gasteiger partial charge in [-0.05, 0) is 30.0 Å². The van der Waals surface area contributed by atoms with Gasteiger partial charge in [-0.2, -0.15) is 13.2 Å². The van der Waals surface area contributed by atoms with Gasteiger partial charge in [-0.15, -0.1) is 12.4 Å². The highest BCUT2D eigenvalue weighted by molar-refractivity contribution is 8.00. The van der Waals surface area contributed by atoms with Crippen molar-refractivity contribution in [1.82, 2.24) is 0 Å². The Labute approximate surface area is 125 Å². The van der Waals surface area contributed by atoms with Crippen LogP contribution in [0.25, 0.3) is 0 Å². The summed E-state index contributed by atoms with van der Waals surface area (Å²) in [6.45, 7) is 3.09. The number of hydrogen-bond acceptors (Lipinski definition) is 4. The first-order valence-corrected chi connectivity index (χ1v) is 6.33. The first-order valence-electron chi connectivity index (χ1n) is 5.52. The number of halogens is 4. The van der Waals surface area contributed by atoms with Gasteiger partial charge in [-0.1, -0.05) is 13.8 Å². The van der Waals surface area contributed by atoms with Crippen molar-refractivity contribution >= 4 is 24.2 Å². The smallest absolute Gasteiger partial charge is 0.446 e. The molecule has 8 heteroatoms. The predicted octanol–water partition coefficient (Wildman–Crippen LogP) is 3.44. The van der Waals surface area contributed by atoms with Gasteiger partial charge >= 0.3 is 5.51 Å². The maximum atomic E-state index is 12.3. The summed E-state index contributed by atoms with van der Waals surface area (Å²) in [4.78, 5) is -0.0514. The first-order chi connectivity index (χ1) is 8.57. The summed E-state index contributed by atoms with van der Waals surface area (Å²) in [6.07, 6.45) is 0. The lowest BCUT2D eigenvalue weighted by atomic mass is 9.81. The summed E-state index contributed by atoms with van der Waals surface area (Å²) in [5, 5.41) is 18.9. The number of nitrogens with two attached hydrogens (primary N) is 1. The van der Waals surface area contributed by atoms with E-state index in [9.17, 15) is 23.4 Å². The second-order valence-electron chi connectivity index (χ2n) is 4.89. The van der Waals surface area contributed by atoms with Crippen LogP contribution in [-0.2, 0) is 0 Å². The Morgan fingerprint density at radius 3 is 2.30 bits per heavy atom. The lowest BCUT2D eigenvalue weighted by Crippen LogP contribution is -2.32. The number of rotatable bonds is 4. The molecule has 3 nitrogen and oxygen atoms in total. The lowest BCUT2D eigenvalue weighted by Gasteiger charge is -2.30. The van der Waals surface area contributed by atoms with E-state index in [1.54, 1.807) is 13.8 Å². The van der Waals surface area contributed by atoms with E-state index < -0.39 is 17.0 Å². The van der Waals surface area contributed by atoms with Crippen molar-refractivity contribution in [3.63, 3.8) is 0 Å². The number of aromatic hydroxyl groups is 1. The molecule has 0 saturated heterocycles. The zero-order valence-corrected chi connectivity index (χ0v) is 12.6. The largest absolute Gasteiger partial charge is 0.508 e. The topological polar surface area (TPSA) is 66.5 Å². The van der Waals surface area contributed by atoms with Crippen molar-refractivity contribution < 1.29 is 23.4 Å². The molecule has 0 aliphatic carbocycles. The van der Waals surface area contributed by atoms with Gasteiger partial charge in [0.15, 0.2) is 0 Å². The normalized spacial score (nSPS) is 13.8. The summed E-state index contributed by atoms with van der Waals surface area (Å²) in [5.41, 5.74) is 0.946. The molecule has 0 spiro atoms. The number of thioether (sulfide) groups is 1. The third-order valence-corrected chi connectivity index (χ3v) is 3.54. The standard InChI is InChI=1S/C12H16F3NO2S.ClH/c1-11(2,6-17)10(16)8-5-7(3-4-9(8)18)19-12(13,14)15;/h3-5,10,17-18H,6,16H2,1-2H3;1H/t10-;/m1./s1. The molecule has 1 rings (SSSR count). The SMILES string of the molecule is CC(C)(CO)[C@H](N)c1cc(SC(F)(F)F)ccc1O.Cl. The second-order valence-corrected chi connectivity index (χ2v) is 6.03. The summed E-state index contributed by atoms with van der Waals surface area (Å²) in [7, 11) is 0. The van der Waals surface area contributed by atoms with Crippen molar-refractivity contribution in [3.05, 3.63) is 23.8 Å². The highest BCUT2D eigenvalue weighted by Crippen LogP contribution is 2.41. The van der Waals surface area contributed by atoms with Crippen molar-refractivity contribution in [2.45, 2.75) is 30.3 Å². The minimum Gasteiger partial charge on any atom is -0.508 e. The molecule has 0 aliphatic rings. The minimum absolute atomic E-state index is 0. The van der Waals surface area contributed by atoms with Crippen LogP contribution in [0.3, 0.4) is 0 Å². The van der Waals surface area contributed by atoms with Crippen LogP contribution in [0.2, 0.25) is 0 Å². The zero-order valence-electron chi connectivity index (χ0n) is 10.9. The molecule has 4 N–H and O–H groups in total. The van der Waals surface area contributed by atoms with Gasteiger partial charge in [0.1, 0.15) is 5.75 Å². The molecule has 20 heavy (non-hydrogen) atoms. The molecule has 0 heterocycles. The van der Waals surface area contributed by atoms with E-state index in [1.165, 1.54) is 18.2 Å². The Bertz CT molecular complexity index is 455. The lowest BCUT2D eigenvalue weighted by molar-refractivity contribution is -0.0328. The van der Waals surface area contributed by atoms with Crippen LogP contribution in [0.5, 0.6) is 5.75 Å². The Balaban J connectivity index is 0.00000361. The van der Waals surface area contributed by atoms with E-state index in [1.807, 2.05) is 0 Å². The molecule has 1 atom stereocenters. The molecular formula is C12H17ClF3NO2S. The third-order valence-electron chi connectivity index (χ3n) is 2.82. The Morgan fingerprint density at radius 1 is 1.30 bits per heavy atom. The van der Waals surface area contributed by atoms with E-state index in [-0.39, 0.29) is 47.0 Å². The summed E-state index contributed by atoms with van der Waals surface area (Å²) < 4.78 is 36.9. The highest BCUT2D eigenvalue weighted by atomic mass is 35.5. The molecule has 0 fully saturated rings. The quantitative estimate of drug-likeness (QED) is 0.739. The molecule has 0 amide bonds.